The second-order valence-corrected chi connectivity index (χ2v) is 4.93. The second-order valence-electron chi connectivity index (χ2n) is 4.93. The molecule has 0 aliphatic carbocycles. The second kappa shape index (κ2) is 3.69. The van der Waals surface area contributed by atoms with Gasteiger partial charge in [-0.1, -0.05) is 24.3 Å². The van der Waals surface area contributed by atoms with Gasteiger partial charge in [-0.2, -0.15) is 0 Å². The molecule has 2 saturated heterocycles. The summed E-state index contributed by atoms with van der Waals surface area (Å²) in [7, 11) is 0. The number of benzene rings is 1. The third-order valence-corrected chi connectivity index (χ3v) is 3.97. The summed E-state index contributed by atoms with van der Waals surface area (Å²) in [4.78, 5) is 25.0. The minimum Gasteiger partial charge on any atom is -0.279 e. The fourth-order valence-corrected chi connectivity index (χ4v) is 3.15. The van der Waals surface area contributed by atoms with E-state index in [1.807, 2.05) is 12.1 Å². The first-order valence-corrected chi connectivity index (χ1v) is 6.09. The lowest BCUT2D eigenvalue weighted by molar-refractivity contribution is -0.140. The molecule has 0 aromatic heterocycles. The van der Waals surface area contributed by atoms with E-state index in [1.165, 1.54) is 16.0 Å². The average Bonchev–Trinajstić information content (AvgIpc) is 2.83. The molecule has 2 atom stereocenters. The third-order valence-electron chi connectivity index (χ3n) is 3.97. The SMILES string of the molecule is Cc1ccccc1[C@H]1CC(=O)N2C(=O)CC[C@@H]12. The van der Waals surface area contributed by atoms with Gasteiger partial charge in [0.1, 0.15) is 0 Å². The molecule has 2 fully saturated rings. The molecule has 88 valence electrons. The van der Waals surface area contributed by atoms with Crippen LogP contribution in [0.25, 0.3) is 0 Å². The van der Waals surface area contributed by atoms with Crippen molar-refractivity contribution in [2.45, 2.75) is 38.1 Å². The van der Waals surface area contributed by atoms with Crippen molar-refractivity contribution in [2.75, 3.05) is 0 Å². The van der Waals surface area contributed by atoms with E-state index >= 15 is 0 Å². The van der Waals surface area contributed by atoms with Crippen LogP contribution < -0.4 is 0 Å². The fraction of sp³-hybridized carbons (Fsp3) is 0.429. The van der Waals surface area contributed by atoms with Gasteiger partial charge in [0, 0.05) is 24.8 Å². The highest BCUT2D eigenvalue weighted by atomic mass is 16.2. The van der Waals surface area contributed by atoms with E-state index in [9.17, 15) is 9.59 Å². The lowest BCUT2D eigenvalue weighted by Crippen LogP contribution is -2.32. The highest BCUT2D eigenvalue weighted by molar-refractivity contribution is 5.99. The molecule has 0 spiro atoms. The third kappa shape index (κ3) is 1.49. The number of carbonyl (C=O) groups excluding carboxylic acids is 2. The minimum absolute atomic E-state index is 0.00533. The van der Waals surface area contributed by atoms with Crippen LogP contribution in [0.3, 0.4) is 0 Å². The molecule has 0 unspecified atom stereocenters. The number of aryl methyl sites for hydroxylation is 1. The van der Waals surface area contributed by atoms with Gasteiger partial charge < -0.3 is 0 Å². The Hall–Kier alpha value is -1.64. The molecule has 0 saturated carbocycles. The standard InChI is InChI=1S/C14H15NO2/c1-9-4-2-3-5-10(9)11-8-14(17)15-12(11)6-7-13(15)16/h2-5,11-12H,6-8H2,1H3/t11-,12+/m1/s1. The molecule has 0 N–H and O–H groups in total. The number of fused-ring (bicyclic) bond motifs is 1. The fourth-order valence-electron chi connectivity index (χ4n) is 3.15. The summed E-state index contributed by atoms with van der Waals surface area (Å²) in [5, 5.41) is 0. The lowest BCUT2D eigenvalue weighted by atomic mass is 9.88. The number of hydrogen-bond acceptors (Lipinski definition) is 2. The summed E-state index contributed by atoms with van der Waals surface area (Å²) in [5.41, 5.74) is 2.44. The lowest BCUT2D eigenvalue weighted by Gasteiger charge is -2.20. The highest BCUT2D eigenvalue weighted by Gasteiger charge is 2.47. The normalized spacial score (nSPS) is 27.7. The molecule has 2 amide bonds. The van der Waals surface area contributed by atoms with Crippen molar-refractivity contribution in [2.24, 2.45) is 0 Å². The minimum atomic E-state index is 0.00533. The number of hydrogen-bond donors (Lipinski definition) is 0. The highest BCUT2D eigenvalue weighted by Crippen LogP contribution is 2.41. The van der Waals surface area contributed by atoms with Crippen LogP contribution >= 0.6 is 0 Å². The van der Waals surface area contributed by atoms with Crippen molar-refractivity contribution in [1.29, 1.82) is 0 Å². The molecule has 0 radical (unpaired) electrons. The van der Waals surface area contributed by atoms with E-state index in [2.05, 4.69) is 19.1 Å². The molecular formula is C14H15NO2. The zero-order valence-electron chi connectivity index (χ0n) is 9.85. The molecule has 2 aliphatic heterocycles. The Labute approximate surface area is 100 Å². The maximum Gasteiger partial charge on any atom is 0.230 e. The number of carbonyl (C=O) groups is 2. The van der Waals surface area contributed by atoms with Gasteiger partial charge in [0.25, 0.3) is 0 Å². The van der Waals surface area contributed by atoms with Crippen LogP contribution in [0.15, 0.2) is 24.3 Å². The summed E-state index contributed by atoms with van der Waals surface area (Å²) in [6, 6.07) is 8.27. The summed E-state index contributed by atoms with van der Waals surface area (Å²) >= 11 is 0. The summed E-state index contributed by atoms with van der Waals surface area (Å²) in [6.07, 6.45) is 1.84. The molecule has 1 aromatic rings. The maximum absolute atomic E-state index is 11.9. The van der Waals surface area contributed by atoms with Crippen LogP contribution in [-0.4, -0.2) is 22.8 Å². The molecule has 3 nitrogen and oxygen atoms in total. The van der Waals surface area contributed by atoms with Gasteiger partial charge in [-0.15, -0.1) is 0 Å². The zero-order chi connectivity index (χ0) is 12.0. The predicted molar refractivity (Wildman–Crippen MR) is 63.4 cm³/mol. The number of amides is 2. The van der Waals surface area contributed by atoms with Gasteiger partial charge in [-0.3, -0.25) is 14.5 Å². The van der Waals surface area contributed by atoms with Crippen molar-refractivity contribution in [3.05, 3.63) is 35.4 Å². The van der Waals surface area contributed by atoms with E-state index in [-0.39, 0.29) is 23.8 Å². The first-order chi connectivity index (χ1) is 8.18. The Kier molecular flexibility index (Phi) is 2.28. The molecule has 1 aromatic carbocycles. The van der Waals surface area contributed by atoms with Crippen molar-refractivity contribution in [3.63, 3.8) is 0 Å². The Balaban J connectivity index is 1.99. The number of imide groups is 1. The smallest absolute Gasteiger partial charge is 0.230 e. The van der Waals surface area contributed by atoms with E-state index < -0.39 is 0 Å². The van der Waals surface area contributed by atoms with Gasteiger partial charge in [0.15, 0.2) is 0 Å². The molecule has 2 aliphatic rings. The monoisotopic (exact) mass is 229 g/mol. The van der Waals surface area contributed by atoms with E-state index in [1.54, 1.807) is 0 Å². The van der Waals surface area contributed by atoms with E-state index in [0.29, 0.717) is 12.8 Å². The number of rotatable bonds is 1. The molecule has 3 heteroatoms. The Bertz CT molecular complexity index is 495. The van der Waals surface area contributed by atoms with Crippen LogP contribution in [0.2, 0.25) is 0 Å². The van der Waals surface area contributed by atoms with Gasteiger partial charge in [0.2, 0.25) is 11.8 Å². The Morgan fingerprint density at radius 3 is 2.71 bits per heavy atom. The molecule has 2 heterocycles. The summed E-state index contributed by atoms with van der Waals surface area (Å²) < 4.78 is 0. The molecule has 0 bridgehead atoms. The van der Waals surface area contributed by atoms with Crippen molar-refractivity contribution in [3.8, 4) is 0 Å². The average molecular weight is 229 g/mol. The Morgan fingerprint density at radius 1 is 1.18 bits per heavy atom. The van der Waals surface area contributed by atoms with Crippen molar-refractivity contribution >= 4 is 11.8 Å². The molecular weight excluding hydrogens is 214 g/mol. The largest absolute Gasteiger partial charge is 0.279 e. The predicted octanol–water partition coefficient (Wildman–Crippen LogP) is 2.00. The van der Waals surface area contributed by atoms with Crippen LogP contribution in [0.4, 0.5) is 0 Å². The van der Waals surface area contributed by atoms with Gasteiger partial charge >= 0.3 is 0 Å². The topological polar surface area (TPSA) is 37.4 Å². The molecule has 3 rings (SSSR count). The van der Waals surface area contributed by atoms with Crippen LogP contribution in [0.1, 0.15) is 36.3 Å². The van der Waals surface area contributed by atoms with E-state index in [0.717, 1.165) is 6.42 Å². The van der Waals surface area contributed by atoms with E-state index in [4.69, 9.17) is 0 Å². The maximum atomic E-state index is 11.9. The first-order valence-electron chi connectivity index (χ1n) is 6.09. The van der Waals surface area contributed by atoms with Crippen LogP contribution in [0, 0.1) is 6.92 Å². The van der Waals surface area contributed by atoms with Gasteiger partial charge in [0.05, 0.1) is 0 Å². The first kappa shape index (κ1) is 10.5. The van der Waals surface area contributed by atoms with Crippen molar-refractivity contribution in [1.82, 2.24) is 4.90 Å². The summed E-state index contributed by atoms with van der Waals surface area (Å²) in [6.45, 7) is 2.07. The molecule has 17 heavy (non-hydrogen) atoms. The van der Waals surface area contributed by atoms with Gasteiger partial charge in [-0.25, -0.2) is 0 Å². The quantitative estimate of drug-likeness (QED) is 0.691. The summed E-state index contributed by atoms with van der Waals surface area (Å²) in [5.74, 6) is 0.219. The van der Waals surface area contributed by atoms with Crippen LogP contribution in [0.5, 0.6) is 0 Å². The Morgan fingerprint density at radius 2 is 1.94 bits per heavy atom. The number of nitrogens with zero attached hydrogens (tertiary/aromatic N) is 1. The zero-order valence-corrected chi connectivity index (χ0v) is 9.85. The van der Waals surface area contributed by atoms with Crippen molar-refractivity contribution < 1.29 is 9.59 Å². The van der Waals surface area contributed by atoms with Gasteiger partial charge in [-0.05, 0) is 24.5 Å². The van der Waals surface area contributed by atoms with Crippen LogP contribution in [-0.2, 0) is 9.59 Å².